The molecule has 10 nitrogen and oxygen atoms in total. The number of hydrogen-bond donors (Lipinski definition) is 1. The Hall–Kier alpha value is -3.64. The molecule has 2 aromatic rings. The molecule has 13 heteroatoms. The number of amides is 2. The molecule has 1 aromatic carbocycles. The lowest BCUT2D eigenvalue weighted by atomic mass is 9.85. The van der Waals surface area contributed by atoms with E-state index in [0.717, 1.165) is 51.0 Å². The van der Waals surface area contributed by atoms with Crippen molar-refractivity contribution in [3.8, 4) is 11.6 Å². The van der Waals surface area contributed by atoms with E-state index in [1.165, 1.54) is 24.0 Å². The zero-order valence-electron chi connectivity index (χ0n) is 27.9. The quantitative estimate of drug-likeness (QED) is 0.386. The average molecular weight is 663 g/mol. The van der Waals surface area contributed by atoms with E-state index in [-0.39, 0.29) is 29.6 Å². The van der Waals surface area contributed by atoms with Gasteiger partial charge >= 0.3 is 12.5 Å². The zero-order chi connectivity index (χ0) is 34.3. The Morgan fingerprint density at radius 2 is 1.79 bits per heavy atom. The molecule has 1 saturated carbocycles. The highest BCUT2D eigenvalue weighted by molar-refractivity contribution is 5.92. The van der Waals surface area contributed by atoms with E-state index in [2.05, 4.69) is 15.0 Å². The number of halogens is 3. The monoisotopic (exact) mass is 662 g/mol. The molecule has 1 aromatic heterocycles. The summed E-state index contributed by atoms with van der Waals surface area (Å²) in [6, 6.07) is 1.96. The van der Waals surface area contributed by atoms with E-state index >= 15 is 0 Å². The third-order valence-electron chi connectivity index (χ3n) is 9.92. The lowest BCUT2D eigenvalue weighted by molar-refractivity contribution is -0.274. The smallest absolute Gasteiger partial charge is 0.471 e. The lowest BCUT2D eigenvalue weighted by Crippen LogP contribution is -2.57. The Labute approximate surface area is 273 Å². The van der Waals surface area contributed by atoms with Gasteiger partial charge in [0, 0.05) is 12.0 Å². The van der Waals surface area contributed by atoms with Gasteiger partial charge in [0.15, 0.2) is 5.78 Å². The first-order chi connectivity index (χ1) is 21.9. The van der Waals surface area contributed by atoms with E-state index in [0.29, 0.717) is 17.6 Å². The summed E-state index contributed by atoms with van der Waals surface area (Å²) in [6.07, 6.45) is 0.305. The maximum Gasteiger partial charge on any atom is 0.573 e. The van der Waals surface area contributed by atoms with Gasteiger partial charge in [-0.1, -0.05) is 40.5 Å². The van der Waals surface area contributed by atoms with Crippen LogP contribution in [0, 0.1) is 17.3 Å². The van der Waals surface area contributed by atoms with Crippen LogP contribution in [0.25, 0.3) is 11.0 Å². The van der Waals surface area contributed by atoms with Crippen molar-refractivity contribution >= 4 is 28.8 Å². The Morgan fingerprint density at radius 1 is 1.06 bits per heavy atom. The molecule has 258 valence electrons. The van der Waals surface area contributed by atoms with Crippen LogP contribution < -0.4 is 14.8 Å². The van der Waals surface area contributed by atoms with Crippen molar-refractivity contribution in [2.45, 2.75) is 123 Å². The Kier molecular flexibility index (Phi) is 9.67. The van der Waals surface area contributed by atoms with Crippen LogP contribution in [0.15, 0.2) is 18.2 Å². The fourth-order valence-corrected chi connectivity index (χ4v) is 7.40. The maximum absolute atomic E-state index is 14.2. The van der Waals surface area contributed by atoms with E-state index in [9.17, 15) is 27.6 Å². The molecule has 2 amide bonds. The van der Waals surface area contributed by atoms with Crippen molar-refractivity contribution in [3.05, 3.63) is 23.9 Å². The van der Waals surface area contributed by atoms with Gasteiger partial charge in [0.1, 0.15) is 29.2 Å². The number of hydrogen-bond acceptors (Lipinski definition) is 8. The normalized spacial score (nSPS) is 29.6. The largest absolute Gasteiger partial charge is 0.573 e. The van der Waals surface area contributed by atoms with Gasteiger partial charge in [-0.2, -0.15) is 0 Å². The second kappa shape index (κ2) is 13.1. The summed E-state index contributed by atoms with van der Waals surface area (Å²) in [5.74, 6) is -1.24. The minimum Gasteiger partial charge on any atom is -0.471 e. The highest BCUT2D eigenvalue weighted by atomic mass is 19.4. The highest BCUT2D eigenvalue weighted by Crippen LogP contribution is 2.42. The molecule has 47 heavy (non-hydrogen) atoms. The number of nitrogens with zero attached hydrogens (tertiary/aromatic N) is 3. The van der Waals surface area contributed by atoms with Gasteiger partial charge in [-0.25, -0.2) is 14.8 Å². The summed E-state index contributed by atoms with van der Waals surface area (Å²) in [4.78, 5) is 51.4. The summed E-state index contributed by atoms with van der Waals surface area (Å²) in [5, 5.41) is 2.84. The lowest BCUT2D eigenvalue weighted by Gasteiger charge is -2.37. The third-order valence-corrected chi connectivity index (χ3v) is 9.92. The Bertz CT molecular complexity index is 1510. The molecule has 2 aliphatic heterocycles. The number of alkyl carbamates (subject to hydrolysis) is 1. The van der Waals surface area contributed by atoms with Crippen LogP contribution in [0.1, 0.15) is 92.2 Å². The fraction of sp³-hybridized carbons (Fsp3) is 0.676. The topological polar surface area (TPSA) is 120 Å². The number of carbonyl (C=O) groups is 3. The van der Waals surface area contributed by atoms with Crippen LogP contribution in [0.5, 0.6) is 11.6 Å². The molecule has 0 spiro atoms. The number of fused-ring (bicyclic) bond motifs is 5. The molecule has 3 aliphatic rings. The number of Topliss-reactive ketones (excluding diaryl/α,β-unsaturated/α-hetero) is 1. The molecular weight excluding hydrogens is 617 g/mol. The summed E-state index contributed by atoms with van der Waals surface area (Å²) in [5.41, 5.74) is -0.275. The molecule has 5 rings (SSSR count). The van der Waals surface area contributed by atoms with E-state index in [4.69, 9.17) is 14.5 Å². The van der Waals surface area contributed by atoms with Crippen LogP contribution in [-0.4, -0.2) is 69.3 Å². The van der Waals surface area contributed by atoms with Crippen molar-refractivity contribution in [1.82, 2.24) is 20.2 Å². The van der Waals surface area contributed by atoms with Gasteiger partial charge in [0.25, 0.3) is 0 Å². The minimum absolute atomic E-state index is 0.0315. The minimum atomic E-state index is -4.87. The van der Waals surface area contributed by atoms with Gasteiger partial charge in [0.2, 0.25) is 11.8 Å². The third kappa shape index (κ3) is 7.75. The number of aryl methyl sites for hydroxylation is 1. The Morgan fingerprint density at radius 3 is 2.47 bits per heavy atom. The van der Waals surface area contributed by atoms with E-state index in [1.807, 2.05) is 34.6 Å². The highest BCUT2D eigenvalue weighted by Gasteiger charge is 2.50. The van der Waals surface area contributed by atoms with Gasteiger partial charge in [-0.15, -0.1) is 13.2 Å². The molecule has 6 atom stereocenters. The molecule has 1 aliphatic carbocycles. The number of benzene rings is 1. The van der Waals surface area contributed by atoms with Gasteiger partial charge in [0.05, 0.1) is 23.6 Å². The molecular formula is C34H45F3N4O6. The first kappa shape index (κ1) is 34.7. The predicted molar refractivity (Wildman–Crippen MR) is 167 cm³/mol. The van der Waals surface area contributed by atoms with Crippen LogP contribution in [0.4, 0.5) is 18.0 Å². The van der Waals surface area contributed by atoms with Gasteiger partial charge in [-0.05, 0) is 75.8 Å². The number of rotatable bonds is 2. The molecule has 0 unspecified atom stereocenters. The number of aromatic nitrogens is 2. The molecule has 1 N–H and O–H groups in total. The van der Waals surface area contributed by atoms with Crippen molar-refractivity contribution in [2.75, 3.05) is 6.54 Å². The summed E-state index contributed by atoms with van der Waals surface area (Å²) in [7, 11) is 0. The van der Waals surface area contributed by atoms with Gasteiger partial charge in [-0.3, -0.25) is 9.59 Å². The van der Waals surface area contributed by atoms with Crippen LogP contribution in [-0.2, 0) is 20.7 Å². The maximum atomic E-state index is 14.2. The van der Waals surface area contributed by atoms with E-state index < -0.39 is 59.2 Å². The number of carbonyl (C=O) groups excluding carboxylic acids is 3. The number of alkyl halides is 3. The molecule has 2 bridgehead atoms. The Balaban J connectivity index is 1.54. The predicted octanol–water partition coefficient (Wildman–Crippen LogP) is 6.53. The fourth-order valence-electron chi connectivity index (χ4n) is 7.40. The van der Waals surface area contributed by atoms with Crippen molar-refractivity contribution < 1.29 is 41.8 Å². The van der Waals surface area contributed by atoms with Crippen LogP contribution in [0.2, 0.25) is 0 Å². The number of nitrogens with one attached hydrogen (secondary N) is 1. The van der Waals surface area contributed by atoms with Crippen LogP contribution in [0.3, 0.4) is 0 Å². The van der Waals surface area contributed by atoms with Crippen molar-refractivity contribution in [3.63, 3.8) is 0 Å². The summed E-state index contributed by atoms with van der Waals surface area (Å²) >= 11 is 0. The number of ether oxygens (including phenoxy) is 3. The summed E-state index contributed by atoms with van der Waals surface area (Å²) in [6.45, 7) is 10.7. The molecule has 2 fully saturated rings. The number of ketones is 1. The first-order valence-corrected chi connectivity index (χ1v) is 16.5. The van der Waals surface area contributed by atoms with Crippen LogP contribution >= 0.6 is 0 Å². The van der Waals surface area contributed by atoms with E-state index in [1.54, 1.807) is 0 Å². The summed E-state index contributed by atoms with van der Waals surface area (Å²) < 4.78 is 55.5. The molecule has 0 radical (unpaired) electrons. The zero-order valence-corrected chi connectivity index (χ0v) is 27.9. The van der Waals surface area contributed by atoms with Gasteiger partial charge < -0.3 is 24.4 Å². The first-order valence-electron chi connectivity index (χ1n) is 16.5. The van der Waals surface area contributed by atoms with Crippen molar-refractivity contribution in [1.29, 1.82) is 0 Å². The standard InChI is InChI=1S/C34H45F3N4O6/c1-19-26-18-41(27(19)20(2)42)30(43)28(32(3,4)5)40-31(44)47-33(6)16-10-12-21(33)11-8-7-9-13-24-29(45-26)39-25-17-22(46-34(35,36)37)14-15-23(25)38-24/h14-15,17,19,21,26-28H,7-13,16,18H2,1-6H3,(H,40,44)/t19-,21-,26+,27+,28-,33-/m1/s1. The second-order valence-corrected chi connectivity index (χ2v) is 14.6. The SMILES string of the molecule is CC(=O)[C@@H]1[C@H](C)[C@@H]2CN1C(=O)[C@H](C(C)(C)C)NC(=O)O[C@]1(C)CCC[C@H]1CCCCCc1nc3ccc(OC(F)(F)F)cc3nc1O2. The molecule has 3 heterocycles. The van der Waals surface area contributed by atoms with Crippen molar-refractivity contribution in [2.24, 2.45) is 17.3 Å². The molecule has 1 saturated heterocycles. The average Bonchev–Trinajstić information content (AvgIpc) is 3.48. The second-order valence-electron chi connectivity index (χ2n) is 14.6.